The molecule has 0 saturated carbocycles. The van der Waals surface area contributed by atoms with Gasteiger partial charge in [-0.3, -0.25) is 9.00 Å². The van der Waals surface area contributed by atoms with E-state index >= 15 is 4.39 Å². The molecule has 2 heterocycles. The van der Waals surface area contributed by atoms with Gasteiger partial charge in [0.1, 0.15) is 41.4 Å². The van der Waals surface area contributed by atoms with E-state index in [9.17, 15) is 14.1 Å². The lowest BCUT2D eigenvalue weighted by atomic mass is 9.91. The van der Waals surface area contributed by atoms with Gasteiger partial charge in [-0.25, -0.2) is 4.39 Å². The maximum atomic E-state index is 15.4. The highest BCUT2D eigenvalue weighted by Crippen LogP contribution is 2.40. The highest BCUT2D eigenvalue weighted by Gasteiger charge is 2.33. The van der Waals surface area contributed by atoms with Crippen LogP contribution in [0, 0.1) is 13.8 Å². The van der Waals surface area contributed by atoms with Gasteiger partial charge in [0.2, 0.25) is 0 Å². The molecule has 236 valence electrons. The standard InChI is InChI=1S/C35H41FO7S/c1-22-16-28(42-21-35(38)12-14-44(39)15-13-35)17-23(2)34(22)25-6-5-7-31(24(3)30(36)11-8-25)43-27-9-10-29-26(18-33(37)40-4)20-41-32(29)19-27/h8-11,16-17,19,26,31,38H,3,5-7,12-15,18,20-21H2,1-2,4H3/b25-8+,30-11+/t26-,31-,35?,44?/m1/s1. The molecule has 7 nitrogen and oxygen atoms in total. The number of carbonyl (C=O) groups excluding carboxylic acids is 1. The van der Waals surface area contributed by atoms with E-state index in [1.54, 1.807) is 6.07 Å². The molecule has 3 aliphatic rings. The molecule has 1 fully saturated rings. The summed E-state index contributed by atoms with van der Waals surface area (Å²) in [6, 6.07) is 9.42. The van der Waals surface area contributed by atoms with Crippen LogP contribution in [0.4, 0.5) is 4.39 Å². The first-order chi connectivity index (χ1) is 21.0. The van der Waals surface area contributed by atoms with Crippen LogP contribution in [0.25, 0.3) is 5.57 Å². The highest BCUT2D eigenvalue weighted by atomic mass is 32.2. The number of ether oxygens (including phenoxy) is 4. The zero-order chi connectivity index (χ0) is 31.4. The second kappa shape index (κ2) is 13.7. The second-order valence-electron chi connectivity index (χ2n) is 12.0. The second-order valence-corrected chi connectivity index (χ2v) is 13.7. The Morgan fingerprint density at radius 2 is 1.86 bits per heavy atom. The Balaban J connectivity index is 1.25. The number of hydrogen-bond donors (Lipinski definition) is 1. The lowest BCUT2D eigenvalue weighted by Gasteiger charge is -2.31. The van der Waals surface area contributed by atoms with Crippen LogP contribution in [-0.2, 0) is 20.3 Å². The van der Waals surface area contributed by atoms with Crippen LogP contribution in [0.5, 0.6) is 17.2 Å². The van der Waals surface area contributed by atoms with Crippen molar-refractivity contribution >= 4 is 22.3 Å². The number of rotatable bonds is 8. The number of aliphatic hydroxyl groups is 1. The molecule has 1 N–H and O–H groups in total. The number of fused-ring (bicyclic) bond motifs is 1. The summed E-state index contributed by atoms with van der Waals surface area (Å²) in [5, 5.41) is 10.8. The van der Waals surface area contributed by atoms with Crippen molar-refractivity contribution in [3.63, 3.8) is 0 Å². The van der Waals surface area contributed by atoms with Gasteiger partial charge in [0.25, 0.3) is 0 Å². The predicted molar refractivity (Wildman–Crippen MR) is 169 cm³/mol. The number of allylic oxidation sites excluding steroid dienone is 3. The van der Waals surface area contributed by atoms with E-state index in [-0.39, 0.29) is 30.5 Å². The number of aryl methyl sites for hydroxylation is 2. The monoisotopic (exact) mass is 624 g/mol. The Morgan fingerprint density at radius 3 is 2.57 bits per heavy atom. The van der Waals surface area contributed by atoms with E-state index in [0.29, 0.717) is 54.6 Å². The van der Waals surface area contributed by atoms with Gasteiger partial charge < -0.3 is 24.1 Å². The lowest BCUT2D eigenvalue weighted by molar-refractivity contribution is -0.141. The first kappa shape index (κ1) is 32.0. The zero-order valence-corrected chi connectivity index (χ0v) is 26.5. The molecule has 2 aromatic carbocycles. The van der Waals surface area contributed by atoms with Crippen LogP contribution < -0.4 is 14.2 Å². The minimum atomic E-state index is -0.961. The van der Waals surface area contributed by atoms with Crippen molar-refractivity contribution in [2.75, 3.05) is 31.8 Å². The average molecular weight is 625 g/mol. The smallest absolute Gasteiger partial charge is 0.306 e. The maximum Gasteiger partial charge on any atom is 0.306 e. The van der Waals surface area contributed by atoms with Gasteiger partial charge in [-0.2, -0.15) is 0 Å². The third kappa shape index (κ3) is 7.44. The molecule has 2 aliphatic heterocycles. The first-order valence-electron chi connectivity index (χ1n) is 15.1. The minimum absolute atomic E-state index is 0.0694. The number of benzene rings is 2. The number of hydrogen-bond acceptors (Lipinski definition) is 7. The molecule has 0 amide bonds. The third-order valence-corrected chi connectivity index (χ3v) is 10.1. The quantitative estimate of drug-likeness (QED) is 0.339. The molecule has 0 bridgehead atoms. The summed E-state index contributed by atoms with van der Waals surface area (Å²) < 4.78 is 49.9. The van der Waals surface area contributed by atoms with E-state index in [2.05, 4.69) is 6.58 Å². The van der Waals surface area contributed by atoms with E-state index in [1.165, 1.54) is 13.2 Å². The average Bonchev–Trinajstić information content (AvgIpc) is 3.41. The topological polar surface area (TPSA) is 91.3 Å². The van der Waals surface area contributed by atoms with Crippen molar-refractivity contribution in [2.45, 2.75) is 70.0 Å². The SMILES string of the molecule is C=C1/C(F)=C\C=C(\c2c(C)cc(OCC3(O)CCS(=O)CC3)cc2C)CCC[C@H]1Oc1ccc2c(c1)OC[C@H]2CC(=O)OC. The van der Waals surface area contributed by atoms with Crippen molar-refractivity contribution in [1.82, 2.24) is 0 Å². The number of methoxy groups -OCH3 is 1. The molecule has 44 heavy (non-hydrogen) atoms. The number of esters is 1. The zero-order valence-electron chi connectivity index (χ0n) is 25.7. The van der Waals surface area contributed by atoms with Gasteiger partial charge in [0, 0.05) is 45.4 Å². The summed E-state index contributed by atoms with van der Waals surface area (Å²) in [6.45, 7) is 8.60. The van der Waals surface area contributed by atoms with Crippen molar-refractivity contribution in [1.29, 1.82) is 0 Å². The number of carbonyl (C=O) groups is 1. The van der Waals surface area contributed by atoms with E-state index in [0.717, 1.165) is 40.7 Å². The Morgan fingerprint density at radius 1 is 1.14 bits per heavy atom. The molecule has 5 rings (SSSR count). The van der Waals surface area contributed by atoms with Crippen LogP contribution in [0.1, 0.15) is 66.7 Å². The molecule has 9 heteroatoms. The van der Waals surface area contributed by atoms with Crippen LogP contribution in [0.2, 0.25) is 0 Å². The molecule has 1 aliphatic carbocycles. The largest absolute Gasteiger partial charge is 0.492 e. The van der Waals surface area contributed by atoms with E-state index in [1.807, 2.05) is 44.2 Å². The van der Waals surface area contributed by atoms with Crippen molar-refractivity contribution < 1.29 is 37.4 Å². The van der Waals surface area contributed by atoms with Crippen LogP contribution in [0.15, 0.2) is 60.5 Å². The van der Waals surface area contributed by atoms with Crippen LogP contribution in [-0.4, -0.2) is 58.8 Å². The van der Waals surface area contributed by atoms with Crippen LogP contribution >= 0.6 is 0 Å². The lowest BCUT2D eigenvalue weighted by Crippen LogP contribution is -2.42. The summed E-state index contributed by atoms with van der Waals surface area (Å²) in [7, 11) is 0.515. The summed E-state index contributed by atoms with van der Waals surface area (Å²) in [6.07, 6.45) is 5.97. The van der Waals surface area contributed by atoms with Gasteiger partial charge >= 0.3 is 5.97 Å². The third-order valence-electron chi connectivity index (χ3n) is 8.75. The van der Waals surface area contributed by atoms with Gasteiger partial charge in [-0.05, 0) is 92.5 Å². The summed E-state index contributed by atoms with van der Waals surface area (Å²) in [5.74, 6) is 2.10. The molecule has 0 radical (unpaired) electrons. The molecule has 1 saturated heterocycles. The van der Waals surface area contributed by atoms with Crippen molar-refractivity contribution in [3.8, 4) is 17.2 Å². The Labute approximate surface area is 261 Å². The molecule has 0 spiro atoms. The van der Waals surface area contributed by atoms with Gasteiger partial charge in [-0.1, -0.05) is 18.7 Å². The molecule has 2 atom stereocenters. The summed E-state index contributed by atoms with van der Waals surface area (Å²) in [4.78, 5) is 11.7. The molecule has 0 aromatic heterocycles. The first-order valence-corrected chi connectivity index (χ1v) is 16.6. The maximum absolute atomic E-state index is 15.4. The Hall–Kier alpha value is -3.43. The fourth-order valence-electron chi connectivity index (χ4n) is 6.17. The normalized spacial score (nSPS) is 27.8. The van der Waals surface area contributed by atoms with Gasteiger partial charge in [0.05, 0.1) is 20.1 Å². The molecular weight excluding hydrogens is 583 g/mol. The van der Waals surface area contributed by atoms with Gasteiger partial charge in [-0.15, -0.1) is 0 Å². The number of halogens is 1. The fraction of sp³-hybridized carbons (Fsp3) is 0.457. The fourth-order valence-corrected chi connectivity index (χ4v) is 7.59. The molecule has 0 unspecified atom stereocenters. The molecule has 2 aromatic rings. The van der Waals surface area contributed by atoms with E-state index in [4.69, 9.17) is 18.9 Å². The summed E-state index contributed by atoms with van der Waals surface area (Å²) >= 11 is 0. The summed E-state index contributed by atoms with van der Waals surface area (Å²) in [5.41, 5.74) is 4.34. The van der Waals surface area contributed by atoms with E-state index < -0.39 is 28.3 Å². The Kier molecular flexibility index (Phi) is 9.95. The minimum Gasteiger partial charge on any atom is -0.492 e. The predicted octanol–water partition coefficient (Wildman–Crippen LogP) is 6.42. The van der Waals surface area contributed by atoms with Crippen molar-refractivity contribution in [3.05, 3.63) is 82.7 Å². The van der Waals surface area contributed by atoms with Crippen molar-refractivity contribution in [2.24, 2.45) is 0 Å². The molecular formula is C35H41FO7S. The Bertz CT molecular complexity index is 1480. The van der Waals surface area contributed by atoms with Gasteiger partial charge in [0.15, 0.2) is 0 Å². The van der Waals surface area contributed by atoms with Crippen LogP contribution in [0.3, 0.4) is 0 Å². The highest BCUT2D eigenvalue weighted by molar-refractivity contribution is 7.85.